The zero-order chi connectivity index (χ0) is 7.40. The van der Waals surface area contributed by atoms with Crippen molar-refractivity contribution in [2.24, 2.45) is 10.9 Å². The van der Waals surface area contributed by atoms with Gasteiger partial charge in [0, 0.05) is 6.20 Å². The summed E-state index contributed by atoms with van der Waals surface area (Å²) in [5, 5.41) is 0. The van der Waals surface area contributed by atoms with Gasteiger partial charge in [0.2, 0.25) is 0 Å². The molecule has 54 valence electrons. The highest BCUT2D eigenvalue weighted by Gasteiger charge is 2.06. The van der Waals surface area contributed by atoms with Crippen LogP contribution in [0, 0.1) is 5.92 Å². The molecule has 0 unspecified atom stereocenters. The fourth-order valence-corrected chi connectivity index (χ4v) is 0.835. The number of hydrogen-bond acceptors (Lipinski definition) is 2. The first-order valence-electron chi connectivity index (χ1n) is 3.29. The molecule has 10 heavy (non-hydrogen) atoms. The van der Waals surface area contributed by atoms with Crippen molar-refractivity contribution >= 4 is 5.90 Å². The topological polar surface area (TPSA) is 21.6 Å². The second-order valence-electron chi connectivity index (χ2n) is 2.19. The number of allylic oxidation sites excluding steroid dienone is 2. The van der Waals surface area contributed by atoms with Gasteiger partial charge in [-0.2, -0.15) is 0 Å². The molecule has 0 spiro atoms. The summed E-state index contributed by atoms with van der Waals surface area (Å²) in [4.78, 5) is 4.07. The van der Waals surface area contributed by atoms with Gasteiger partial charge < -0.3 is 4.74 Å². The molecular formula is C8H11NO. The van der Waals surface area contributed by atoms with Crippen LogP contribution in [0.3, 0.4) is 0 Å². The highest BCUT2D eigenvalue weighted by Crippen LogP contribution is 2.05. The molecule has 1 aliphatic rings. The van der Waals surface area contributed by atoms with Crippen LogP contribution in [-0.4, -0.2) is 13.0 Å². The molecule has 0 aliphatic carbocycles. The van der Waals surface area contributed by atoms with Crippen molar-refractivity contribution in [2.75, 3.05) is 7.11 Å². The number of aliphatic imine (C=N–C) groups is 1. The molecule has 0 aromatic heterocycles. The van der Waals surface area contributed by atoms with E-state index in [1.165, 1.54) is 0 Å². The van der Waals surface area contributed by atoms with Crippen LogP contribution in [0.5, 0.6) is 0 Å². The van der Waals surface area contributed by atoms with E-state index in [2.05, 4.69) is 4.99 Å². The normalized spacial score (nSPS) is 23.8. The van der Waals surface area contributed by atoms with Crippen LogP contribution in [0.4, 0.5) is 0 Å². The van der Waals surface area contributed by atoms with Crippen LogP contribution >= 0.6 is 0 Å². The Morgan fingerprint density at radius 2 is 2.30 bits per heavy atom. The Balaban J connectivity index is 2.77. The second-order valence-corrected chi connectivity index (χ2v) is 2.19. The smallest absolute Gasteiger partial charge is 0.194 e. The first kappa shape index (κ1) is 7.06. The van der Waals surface area contributed by atoms with Gasteiger partial charge in [-0.05, 0) is 6.08 Å². The fraction of sp³-hybridized carbons (Fsp3) is 0.375. The predicted octanol–water partition coefficient (Wildman–Crippen LogP) is 1.75. The highest BCUT2D eigenvalue weighted by atomic mass is 16.5. The minimum absolute atomic E-state index is 0.292. The van der Waals surface area contributed by atoms with E-state index in [4.69, 9.17) is 4.74 Å². The zero-order valence-electron chi connectivity index (χ0n) is 6.24. The third-order valence-electron chi connectivity index (χ3n) is 1.40. The van der Waals surface area contributed by atoms with E-state index in [1.807, 2.05) is 25.2 Å². The summed E-state index contributed by atoms with van der Waals surface area (Å²) < 4.78 is 5.03. The summed E-state index contributed by atoms with van der Waals surface area (Å²) in [6.45, 7) is 2.05. The lowest BCUT2D eigenvalue weighted by Crippen LogP contribution is -2.09. The van der Waals surface area contributed by atoms with Gasteiger partial charge in [-0.15, -0.1) is 0 Å². The number of methoxy groups -OCH3 is 1. The molecule has 0 bridgehead atoms. The van der Waals surface area contributed by atoms with Crippen LogP contribution in [0.25, 0.3) is 0 Å². The van der Waals surface area contributed by atoms with E-state index in [0.717, 1.165) is 5.90 Å². The lowest BCUT2D eigenvalue weighted by atomic mass is 10.2. The molecule has 2 nitrogen and oxygen atoms in total. The average molecular weight is 137 g/mol. The molecule has 1 heterocycles. The maximum atomic E-state index is 5.03. The molecule has 0 fully saturated rings. The average Bonchev–Trinajstić information content (AvgIpc) is 2.13. The first-order chi connectivity index (χ1) is 4.84. The molecule has 0 amide bonds. The van der Waals surface area contributed by atoms with E-state index in [1.54, 1.807) is 13.3 Å². The summed E-state index contributed by atoms with van der Waals surface area (Å²) in [5.41, 5.74) is 0. The number of hydrogen-bond donors (Lipinski definition) is 0. The number of ether oxygens (including phenoxy) is 1. The molecule has 0 saturated heterocycles. The van der Waals surface area contributed by atoms with E-state index in [-0.39, 0.29) is 0 Å². The summed E-state index contributed by atoms with van der Waals surface area (Å²) in [6.07, 6.45) is 7.65. The Bertz CT molecular complexity index is 191. The van der Waals surface area contributed by atoms with Gasteiger partial charge in [-0.3, -0.25) is 0 Å². The summed E-state index contributed by atoms with van der Waals surface area (Å²) in [7, 11) is 1.64. The van der Waals surface area contributed by atoms with Crippen molar-refractivity contribution in [3.63, 3.8) is 0 Å². The van der Waals surface area contributed by atoms with Gasteiger partial charge in [0.1, 0.15) is 0 Å². The van der Waals surface area contributed by atoms with Crippen molar-refractivity contribution in [3.05, 3.63) is 24.4 Å². The van der Waals surface area contributed by atoms with Gasteiger partial charge in [0.15, 0.2) is 5.90 Å². The summed E-state index contributed by atoms with van der Waals surface area (Å²) >= 11 is 0. The Morgan fingerprint density at radius 3 is 3.00 bits per heavy atom. The van der Waals surface area contributed by atoms with E-state index in [0.29, 0.717) is 5.92 Å². The van der Waals surface area contributed by atoms with Crippen molar-refractivity contribution in [1.82, 2.24) is 0 Å². The monoisotopic (exact) mass is 137 g/mol. The molecule has 2 heteroatoms. The largest absolute Gasteiger partial charge is 0.484 e. The molecule has 0 saturated carbocycles. The molecule has 0 N–H and O–H groups in total. The van der Waals surface area contributed by atoms with Crippen molar-refractivity contribution in [1.29, 1.82) is 0 Å². The van der Waals surface area contributed by atoms with Gasteiger partial charge in [-0.1, -0.05) is 19.1 Å². The zero-order valence-corrected chi connectivity index (χ0v) is 6.24. The molecule has 0 aromatic rings. The van der Waals surface area contributed by atoms with Crippen molar-refractivity contribution in [2.45, 2.75) is 6.92 Å². The Hall–Kier alpha value is -1.05. The summed E-state index contributed by atoms with van der Waals surface area (Å²) in [6, 6.07) is 0. The lowest BCUT2D eigenvalue weighted by Gasteiger charge is -2.05. The minimum Gasteiger partial charge on any atom is -0.484 e. The first-order valence-corrected chi connectivity index (χ1v) is 3.29. The van der Waals surface area contributed by atoms with E-state index < -0.39 is 0 Å². The number of rotatable bonds is 0. The van der Waals surface area contributed by atoms with Gasteiger partial charge in [0.05, 0.1) is 13.0 Å². The third-order valence-corrected chi connectivity index (χ3v) is 1.40. The Labute approximate surface area is 60.9 Å². The lowest BCUT2D eigenvalue weighted by molar-refractivity contribution is 0.381. The van der Waals surface area contributed by atoms with E-state index in [9.17, 15) is 0 Å². The SMILES string of the molecule is COC1=NC=CC=C[C@H]1C. The standard InChI is InChI=1S/C8H11NO/c1-7-5-3-4-6-9-8(7)10-2/h3-7H,1-2H3/t7-/m1/s1. The van der Waals surface area contributed by atoms with Crippen molar-refractivity contribution in [3.8, 4) is 0 Å². The fourth-order valence-electron chi connectivity index (χ4n) is 0.835. The number of nitrogens with zero attached hydrogens (tertiary/aromatic N) is 1. The maximum absolute atomic E-state index is 5.03. The highest BCUT2D eigenvalue weighted by molar-refractivity contribution is 5.81. The molecule has 1 rings (SSSR count). The van der Waals surface area contributed by atoms with Crippen molar-refractivity contribution < 1.29 is 4.74 Å². The van der Waals surface area contributed by atoms with Crippen LogP contribution in [0.15, 0.2) is 29.4 Å². The Morgan fingerprint density at radius 1 is 1.50 bits per heavy atom. The Kier molecular flexibility index (Phi) is 2.26. The predicted molar refractivity (Wildman–Crippen MR) is 41.9 cm³/mol. The van der Waals surface area contributed by atoms with Crippen LogP contribution in [-0.2, 0) is 4.74 Å². The second kappa shape index (κ2) is 3.20. The van der Waals surface area contributed by atoms with Crippen LogP contribution in [0.1, 0.15) is 6.92 Å². The molecular weight excluding hydrogens is 126 g/mol. The molecule has 1 atom stereocenters. The van der Waals surface area contributed by atoms with Gasteiger partial charge in [-0.25, -0.2) is 4.99 Å². The third kappa shape index (κ3) is 1.47. The molecule has 1 aliphatic heterocycles. The maximum Gasteiger partial charge on any atom is 0.194 e. The van der Waals surface area contributed by atoms with Gasteiger partial charge >= 0.3 is 0 Å². The van der Waals surface area contributed by atoms with Crippen LogP contribution in [0.2, 0.25) is 0 Å². The minimum atomic E-state index is 0.292. The van der Waals surface area contributed by atoms with Crippen LogP contribution < -0.4 is 0 Å². The molecule has 0 aromatic carbocycles. The summed E-state index contributed by atoms with van der Waals surface area (Å²) in [5.74, 6) is 1.06. The van der Waals surface area contributed by atoms with Gasteiger partial charge in [0.25, 0.3) is 0 Å². The quantitative estimate of drug-likeness (QED) is 0.498. The van der Waals surface area contributed by atoms with E-state index >= 15 is 0 Å². The molecule has 0 radical (unpaired) electrons.